The molecule has 0 aromatic carbocycles. The molecule has 1 atom stereocenters. The minimum Gasteiger partial charge on any atom is -0.386 e. The first-order valence-corrected chi connectivity index (χ1v) is 8.82. The summed E-state index contributed by atoms with van der Waals surface area (Å²) < 4.78 is 0. The van der Waals surface area contributed by atoms with Crippen molar-refractivity contribution < 1.29 is 14.4 Å². The van der Waals surface area contributed by atoms with Gasteiger partial charge in [-0.1, -0.05) is 11.2 Å². The van der Waals surface area contributed by atoms with Gasteiger partial charge >= 0.3 is 0 Å². The Morgan fingerprint density at radius 3 is 3.00 bits per heavy atom. The first kappa shape index (κ1) is 15.8. The van der Waals surface area contributed by atoms with Crippen molar-refractivity contribution in [2.24, 2.45) is 5.16 Å². The van der Waals surface area contributed by atoms with Gasteiger partial charge < -0.3 is 15.1 Å². The average molecular weight is 356 g/mol. The maximum atomic E-state index is 12.5. The fraction of sp³-hybridized carbons (Fsp3) is 0.294. The van der Waals surface area contributed by atoms with Crippen LogP contribution in [0.3, 0.4) is 0 Å². The molecule has 2 aliphatic rings. The van der Waals surface area contributed by atoms with Crippen LogP contribution in [-0.4, -0.2) is 46.1 Å². The van der Waals surface area contributed by atoms with Crippen LogP contribution in [0.2, 0.25) is 0 Å². The maximum Gasteiger partial charge on any atom is 0.273 e. The number of amides is 2. The number of carbonyl (C=O) groups is 2. The molecule has 128 valence electrons. The Morgan fingerprint density at radius 1 is 1.32 bits per heavy atom. The molecule has 1 fully saturated rings. The first-order valence-electron chi connectivity index (χ1n) is 7.94. The van der Waals surface area contributed by atoms with E-state index >= 15 is 0 Å². The van der Waals surface area contributed by atoms with Gasteiger partial charge in [0.15, 0.2) is 5.60 Å². The first-order chi connectivity index (χ1) is 12.2. The van der Waals surface area contributed by atoms with Crippen LogP contribution in [0, 0.1) is 0 Å². The summed E-state index contributed by atoms with van der Waals surface area (Å²) in [7, 11) is 0. The van der Waals surface area contributed by atoms with Crippen molar-refractivity contribution in [1.82, 2.24) is 9.88 Å². The third-order valence-electron chi connectivity index (χ3n) is 4.36. The molecule has 1 N–H and O–H groups in total. The van der Waals surface area contributed by atoms with Gasteiger partial charge in [-0.3, -0.25) is 14.6 Å². The molecule has 2 aliphatic heterocycles. The summed E-state index contributed by atoms with van der Waals surface area (Å²) in [5.74, 6) is -0.295. The highest BCUT2D eigenvalue weighted by Crippen LogP contribution is 2.35. The van der Waals surface area contributed by atoms with Crippen LogP contribution in [0.5, 0.6) is 0 Å². The molecule has 0 bridgehead atoms. The van der Waals surface area contributed by atoms with Crippen molar-refractivity contribution in [3.8, 4) is 0 Å². The fourth-order valence-corrected chi connectivity index (χ4v) is 3.77. The lowest BCUT2D eigenvalue weighted by Crippen LogP contribution is -2.37. The second-order valence-electron chi connectivity index (χ2n) is 6.14. The number of nitrogens with zero attached hydrogens (tertiary/aromatic N) is 3. The quantitative estimate of drug-likeness (QED) is 0.913. The summed E-state index contributed by atoms with van der Waals surface area (Å²) in [6, 6.07) is 7.18. The number of carbonyl (C=O) groups excluding carboxylic acids is 2. The molecule has 1 saturated heterocycles. The van der Waals surface area contributed by atoms with Gasteiger partial charge in [0.1, 0.15) is 5.71 Å². The molecule has 8 heteroatoms. The highest BCUT2D eigenvalue weighted by atomic mass is 32.1. The summed E-state index contributed by atoms with van der Waals surface area (Å²) in [6.07, 6.45) is 4.27. The number of thiophene rings is 1. The smallest absolute Gasteiger partial charge is 0.273 e. The van der Waals surface area contributed by atoms with Crippen molar-refractivity contribution >= 4 is 34.6 Å². The van der Waals surface area contributed by atoms with Gasteiger partial charge in [-0.05, 0) is 23.6 Å². The van der Waals surface area contributed by atoms with Crippen molar-refractivity contribution in [1.29, 1.82) is 0 Å². The predicted molar refractivity (Wildman–Crippen MR) is 93.6 cm³/mol. The average Bonchev–Trinajstić information content (AvgIpc) is 3.37. The maximum absolute atomic E-state index is 12.5. The highest BCUT2D eigenvalue weighted by Gasteiger charge is 2.48. The summed E-state index contributed by atoms with van der Waals surface area (Å²) in [5, 5.41) is 8.61. The third kappa shape index (κ3) is 3.12. The lowest BCUT2D eigenvalue weighted by atomic mass is 9.96. The predicted octanol–water partition coefficient (Wildman–Crippen LogP) is 2.14. The Kier molecular flexibility index (Phi) is 3.96. The van der Waals surface area contributed by atoms with E-state index in [1.54, 1.807) is 29.4 Å². The number of rotatable bonds is 3. The minimum atomic E-state index is -0.589. The summed E-state index contributed by atoms with van der Waals surface area (Å²) in [5.41, 5.74) is 0.362. The van der Waals surface area contributed by atoms with Gasteiger partial charge in [-0.25, -0.2) is 0 Å². The Balaban J connectivity index is 1.38. The normalized spacial score (nSPS) is 21.9. The zero-order chi connectivity index (χ0) is 17.3. The van der Waals surface area contributed by atoms with Crippen LogP contribution in [-0.2, 0) is 9.63 Å². The largest absolute Gasteiger partial charge is 0.386 e. The molecule has 0 aliphatic carbocycles. The molecule has 0 radical (unpaired) electrons. The van der Waals surface area contributed by atoms with Gasteiger partial charge in [0.05, 0.1) is 23.3 Å². The Bertz CT molecular complexity index is 822. The number of likely N-dealkylation sites (tertiary alicyclic amines) is 1. The molecule has 2 aromatic heterocycles. The van der Waals surface area contributed by atoms with Crippen molar-refractivity contribution in [3.05, 3.63) is 46.9 Å². The molecule has 4 rings (SSSR count). The number of aromatic nitrogens is 1. The molecule has 2 aromatic rings. The van der Waals surface area contributed by atoms with Crippen molar-refractivity contribution in [2.45, 2.75) is 18.4 Å². The lowest BCUT2D eigenvalue weighted by molar-refractivity contribution is -0.110. The molecule has 1 unspecified atom stereocenters. The molecule has 2 amide bonds. The van der Waals surface area contributed by atoms with Crippen LogP contribution < -0.4 is 5.32 Å². The number of hydrogen-bond acceptors (Lipinski definition) is 6. The molecule has 1 spiro atoms. The van der Waals surface area contributed by atoms with E-state index in [1.165, 1.54) is 11.3 Å². The standard InChI is InChI=1S/C17H16N4O3S/c22-15(19-12-3-1-6-18-10-12)13-9-17(24-20-13)5-7-21(11-17)16(23)14-4-2-8-25-14/h1-4,6,8,10H,5,7,9,11H2,(H,19,22). The Labute approximate surface area is 148 Å². The van der Waals surface area contributed by atoms with E-state index in [1.807, 2.05) is 17.5 Å². The van der Waals surface area contributed by atoms with E-state index in [0.717, 1.165) is 0 Å². The number of pyridine rings is 1. The van der Waals surface area contributed by atoms with Crippen LogP contribution in [0.1, 0.15) is 22.5 Å². The van der Waals surface area contributed by atoms with Gasteiger partial charge in [0.2, 0.25) is 0 Å². The van der Waals surface area contributed by atoms with Crippen molar-refractivity contribution in [3.63, 3.8) is 0 Å². The van der Waals surface area contributed by atoms with Gasteiger partial charge in [-0.2, -0.15) is 0 Å². The van der Waals surface area contributed by atoms with E-state index < -0.39 is 5.60 Å². The van der Waals surface area contributed by atoms with Gasteiger partial charge in [0, 0.05) is 25.6 Å². The molecular weight excluding hydrogens is 340 g/mol. The van der Waals surface area contributed by atoms with Gasteiger partial charge in [-0.15, -0.1) is 11.3 Å². The Hall–Kier alpha value is -2.74. The van der Waals surface area contributed by atoms with E-state index in [2.05, 4.69) is 15.5 Å². The Morgan fingerprint density at radius 2 is 2.24 bits per heavy atom. The number of hydrogen-bond donors (Lipinski definition) is 1. The second-order valence-corrected chi connectivity index (χ2v) is 7.09. The van der Waals surface area contributed by atoms with Crippen LogP contribution in [0.15, 0.2) is 47.2 Å². The molecule has 25 heavy (non-hydrogen) atoms. The van der Waals surface area contributed by atoms with Gasteiger partial charge in [0.25, 0.3) is 11.8 Å². The summed E-state index contributed by atoms with van der Waals surface area (Å²) in [4.78, 5) is 36.8. The van der Waals surface area contributed by atoms with Crippen LogP contribution >= 0.6 is 11.3 Å². The monoisotopic (exact) mass is 356 g/mol. The lowest BCUT2D eigenvalue weighted by Gasteiger charge is -2.21. The zero-order valence-electron chi connectivity index (χ0n) is 13.3. The van der Waals surface area contributed by atoms with Crippen molar-refractivity contribution in [2.75, 3.05) is 18.4 Å². The number of nitrogens with one attached hydrogen (secondary N) is 1. The third-order valence-corrected chi connectivity index (χ3v) is 5.21. The summed E-state index contributed by atoms with van der Waals surface area (Å²) in [6.45, 7) is 1.04. The molecule has 4 heterocycles. The zero-order valence-corrected chi connectivity index (χ0v) is 14.2. The highest BCUT2D eigenvalue weighted by molar-refractivity contribution is 7.12. The minimum absolute atomic E-state index is 0.00346. The van der Waals surface area contributed by atoms with Crippen LogP contribution in [0.25, 0.3) is 0 Å². The summed E-state index contributed by atoms with van der Waals surface area (Å²) >= 11 is 1.42. The van der Waals surface area contributed by atoms with Crippen LogP contribution in [0.4, 0.5) is 5.69 Å². The topological polar surface area (TPSA) is 83.9 Å². The SMILES string of the molecule is O=C(Nc1cccnc1)C1=NOC2(CCN(C(=O)c3cccs3)C2)C1. The van der Waals surface area contributed by atoms with E-state index in [0.29, 0.717) is 42.2 Å². The van der Waals surface area contributed by atoms with E-state index in [-0.39, 0.29) is 11.8 Å². The van der Waals surface area contributed by atoms with E-state index in [9.17, 15) is 9.59 Å². The second kappa shape index (κ2) is 6.29. The molecule has 0 saturated carbocycles. The molecular formula is C17H16N4O3S. The van der Waals surface area contributed by atoms with E-state index in [4.69, 9.17) is 4.84 Å². The number of oxime groups is 1. The fourth-order valence-electron chi connectivity index (χ4n) is 3.08. The number of anilines is 1. The molecule has 7 nitrogen and oxygen atoms in total.